The molecule has 0 aromatic heterocycles. The fourth-order valence-electron chi connectivity index (χ4n) is 5.16. The molecule has 1 saturated carbocycles. The summed E-state index contributed by atoms with van der Waals surface area (Å²) in [5, 5.41) is 0. The number of esters is 2. The van der Waals surface area contributed by atoms with E-state index in [9.17, 15) is 9.59 Å². The van der Waals surface area contributed by atoms with Gasteiger partial charge in [-0.1, -0.05) is 69.0 Å². The molecule has 4 rings (SSSR count). The van der Waals surface area contributed by atoms with Crippen LogP contribution >= 0.6 is 0 Å². The second-order valence-corrected chi connectivity index (χ2v) is 9.82. The van der Waals surface area contributed by atoms with Gasteiger partial charge < -0.3 is 9.47 Å². The summed E-state index contributed by atoms with van der Waals surface area (Å²) in [5.74, 6) is 1.29. The van der Waals surface area contributed by atoms with E-state index in [0.717, 1.165) is 17.0 Å². The minimum Gasteiger partial charge on any atom is -0.465 e. The minimum atomic E-state index is -0.359. The highest BCUT2D eigenvalue weighted by Gasteiger charge is 2.22. The molecule has 0 amide bonds. The molecule has 188 valence electrons. The quantitative estimate of drug-likeness (QED) is 0.174. The van der Waals surface area contributed by atoms with Gasteiger partial charge in [0.2, 0.25) is 0 Å². The van der Waals surface area contributed by atoms with Crippen molar-refractivity contribution in [3.05, 3.63) is 89.5 Å². The van der Waals surface area contributed by atoms with Crippen molar-refractivity contribution in [1.82, 2.24) is 0 Å². The smallest absolute Gasteiger partial charge is 0.343 e. The van der Waals surface area contributed by atoms with Crippen molar-refractivity contribution in [2.24, 2.45) is 5.92 Å². The molecule has 4 nitrogen and oxygen atoms in total. The van der Waals surface area contributed by atoms with Crippen LogP contribution in [-0.4, -0.2) is 19.0 Å². The molecule has 0 bridgehead atoms. The first-order valence-corrected chi connectivity index (χ1v) is 13.2. The monoisotopic (exact) mass is 484 g/mol. The van der Waals surface area contributed by atoms with E-state index in [2.05, 4.69) is 19.1 Å². The Morgan fingerprint density at radius 3 is 1.86 bits per heavy atom. The maximum atomic E-state index is 12.7. The average molecular weight is 485 g/mol. The zero-order valence-corrected chi connectivity index (χ0v) is 21.4. The van der Waals surface area contributed by atoms with E-state index in [0.29, 0.717) is 22.8 Å². The maximum absolute atomic E-state index is 12.7. The van der Waals surface area contributed by atoms with Crippen molar-refractivity contribution in [2.75, 3.05) is 7.11 Å². The van der Waals surface area contributed by atoms with E-state index >= 15 is 0 Å². The average Bonchev–Trinajstić information content (AvgIpc) is 2.94. The van der Waals surface area contributed by atoms with Gasteiger partial charge in [-0.3, -0.25) is 0 Å². The second-order valence-electron chi connectivity index (χ2n) is 9.82. The highest BCUT2D eigenvalue weighted by molar-refractivity contribution is 5.91. The summed E-state index contributed by atoms with van der Waals surface area (Å²) in [5.41, 5.74) is 4.34. The molecule has 1 aliphatic carbocycles. The molecule has 1 fully saturated rings. The third kappa shape index (κ3) is 6.63. The van der Waals surface area contributed by atoms with Gasteiger partial charge in [-0.15, -0.1) is 0 Å². The van der Waals surface area contributed by atoms with Crippen molar-refractivity contribution >= 4 is 11.9 Å². The van der Waals surface area contributed by atoms with Crippen LogP contribution in [0.25, 0.3) is 11.1 Å². The fraction of sp³-hybridized carbons (Fsp3) is 0.375. The lowest BCUT2D eigenvalue weighted by Crippen LogP contribution is -2.14. The summed E-state index contributed by atoms with van der Waals surface area (Å²) >= 11 is 0. The number of hydrogen-bond acceptors (Lipinski definition) is 4. The molecule has 0 heterocycles. The Kier molecular flexibility index (Phi) is 8.94. The summed E-state index contributed by atoms with van der Waals surface area (Å²) in [6, 6.07) is 22.6. The second kappa shape index (κ2) is 12.5. The van der Waals surface area contributed by atoms with Gasteiger partial charge >= 0.3 is 11.9 Å². The normalized spacial score (nSPS) is 17.4. The predicted molar refractivity (Wildman–Crippen MR) is 143 cm³/mol. The van der Waals surface area contributed by atoms with E-state index in [1.54, 1.807) is 24.3 Å². The summed E-state index contributed by atoms with van der Waals surface area (Å²) in [4.78, 5) is 24.3. The van der Waals surface area contributed by atoms with Crippen LogP contribution in [-0.2, 0) is 4.74 Å². The number of benzene rings is 3. The highest BCUT2D eigenvalue weighted by atomic mass is 16.5. The Morgan fingerprint density at radius 2 is 1.28 bits per heavy atom. The topological polar surface area (TPSA) is 52.6 Å². The number of methoxy groups -OCH3 is 1. The van der Waals surface area contributed by atoms with E-state index in [-0.39, 0.29) is 11.9 Å². The number of carbonyl (C=O) groups is 2. The number of carbonyl (C=O) groups excluding carboxylic acids is 2. The highest BCUT2D eigenvalue weighted by Crippen LogP contribution is 2.37. The zero-order chi connectivity index (χ0) is 25.3. The molecule has 3 aromatic rings. The molecule has 4 heteroatoms. The molecule has 0 aliphatic heterocycles. The van der Waals surface area contributed by atoms with E-state index in [1.165, 1.54) is 64.0 Å². The van der Waals surface area contributed by atoms with Crippen LogP contribution in [0.5, 0.6) is 5.75 Å². The molecule has 0 N–H and O–H groups in total. The molecule has 0 saturated heterocycles. The van der Waals surface area contributed by atoms with E-state index in [4.69, 9.17) is 9.47 Å². The lowest BCUT2D eigenvalue weighted by Gasteiger charge is -2.29. The predicted octanol–water partition coefficient (Wildman–Crippen LogP) is 8.21. The third-order valence-corrected chi connectivity index (χ3v) is 7.38. The fourth-order valence-corrected chi connectivity index (χ4v) is 5.16. The minimum absolute atomic E-state index is 0.351. The molecule has 0 atom stereocenters. The lowest BCUT2D eigenvalue weighted by molar-refractivity contribution is 0.0600. The van der Waals surface area contributed by atoms with Crippen LogP contribution in [0.3, 0.4) is 0 Å². The molecule has 0 spiro atoms. The molecule has 0 unspecified atom stereocenters. The molecular formula is C32H36O4. The summed E-state index contributed by atoms with van der Waals surface area (Å²) in [6.07, 6.45) is 10.5. The molecule has 3 aromatic carbocycles. The van der Waals surface area contributed by atoms with Crippen LogP contribution in [0, 0.1) is 5.92 Å². The van der Waals surface area contributed by atoms with Gasteiger partial charge in [-0.2, -0.15) is 0 Å². The number of unbranched alkanes of at least 4 members (excludes halogenated alkanes) is 2. The Hall–Kier alpha value is -3.40. The zero-order valence-electron chi connectivity index (χ0n) is 21.4. The molecule has 1 aliphatic rings. The molecule has 0 radical (unpaired) electrons. The Balaban J connectivity index is 1.30. The summed E-state index contributed by atoms with van der Waals surface area (Å²) in [6.45, 7) is 2.27. The van der Waals surface area contributed by atoms with Gasteiger partial charge in [0, 0.05) is 0 Å². The lowest BCUT2D eigenvalue weighted by atomic mass is 9.77. The van der Waals surface area contributed by atoms with Gasteiger partial charge in [-0.05, 0) is 90.6 Å². The number of hydrogen-bond donors (Lipinski definition) is 0. The van der Waals surface area contributed by atoms with Crippen molar-refractivity contribution in [3.63, 3.8) is 0 Å². The third-order valence-electron chi connectivity index (χ3n) is 7.38. The number of rotatable bonds is 9. The first kappa shape index (κ1) is 25.7. The Labute approximate surface area is 214 Å². The van der Waals surface area contributed by atoms with Gasteiger partial charge in [0.25, 0.3) is 0 Å². The SMILES string of the molecule is CCCCCC1CCC(c2ccc(C(=O)Oc3ccc(-c4ccc(C(=O)OC)cc4)cc3)cc2)CC1. The van der Waals surface area contributed by atoms with Crippen LogP contribution < -0.4 is 4.74 Å². The van der Waals surface area contributed by atoms with Gasteiger partial charge in [0.15, 0.2) is 0 Å². The van der Waals surface area contributed by atoms with Gasteiger partial charge in [-0.25, -0.2) is 9.59 Å². The van der Waals surface area contributed by atoms with Crippen LogP contribution in [0.4, 0.5) is 0 Å². The summed E-state index contributed by atoms with van der Waals surface area (Å²) < 4.78 is 10.3. The molecule has 36 heavy (non-hydrogen) atoms. The summed E-state index contributed by atoms with van der Waals surface area (Å²) in [7, 11) is 1.37. The van der Waals surface area contributed by atoms with E-state index < -0.39 is 0 Å². The van der Waals surface area contributed by atoms with Crippen molar-refractivity contribution < 1.29 is 19.1 Å². The number of ether oxygens (including phenoxy) is 2. The van der Waals surface area contributed by atoms with Crippen LogP contribution in [0.1, 0.15) is 90.5 Å². The van der Waals surface area contributed by atoms with Crippen molar-refractivity contribution in [3.8, 4) is 16.9 Å². The van der Waals surface area contributed by atoms with Gasteiger partial charge in [0.05, 0.1) is 18.2 Å². The van der Waals surface area contributed by atoms with Crippen LogP contribution in [0.2, 0.25) is 0 Å². The van der Waals surface area contributed by atoms with Crippen LogP contribution in [0.15, 0.2) is 72.8 Å². The first-order chi connectivity index (χ1) is 17.6. The first-order valence-electron chi connectivity index (χ1n) is 13.2. The Bertz CT molecular complexity index is 1120. The molecular weight excluding hydrogens is 448 g/mol. The van der Waals surface area contributed by atoms with Crippen molar-refractivity contribution in [2.45, 2.75) is 64.2 Å². The standard InChI is InChI=1S/C32H36O4/c1-3-4-5-6-23-7-9-24(10-8-23)25-13-17-29(18-14-25)32(34)36-30-21-19-27(20-22-30)26-11-15-28(16-12-26)31(33)35-2/h11-24H,3-10H2,1-2H3. The Morgan fingerprint density at radius 1 is 0.722 bits per heavy atom. The maximum Gasteiger partial charge on any atom is 0.343 e. The van der Waals surface area contributed by atoms with Crippen molar-refractivity contribution in [1.29, 1.82) is 0 Å². The largest absolute Gasteiger partial charge is 0.465 e. The van der Waals surface area contributed by atoms with Gasteiger partial charge in [0.1, 0.15) is 5.75 Å². The van der Waals surface area contributed by atoms with E-state index in [1.807, 2.05) is 36.4 Å².